The van der Waals surface area contributed by atoms with Gasteiger partial charge in [0.05, 0.1) is 0 Å². The third-order valence-corrected chi connectivity index (χ3v) is 5.15. The van der Waals surface area contributed by atoms with Crippen LogP contribution in [0, 0.1) is 13.8 Å². The number of hydrogen-bond acceptors (Lipinski definition) is 4. The van der Waals surface area contributed by atoms with Gasteiger partial charge in [-0.2, -0.15) is 0 Å². The van der Waals surface area contributed by atoms with Gasteiger partial charge in [-0.25, -0.2) is 0 Å². The Kier molecular flexibility index (Phi) is 4.70. The van der Waals surface area contributed by atoms with Gasteiger partial charge in [-0.3, -0.25) is 9.97 Å². The van der Waals surface area contributed by atoms with Gasteiger partial charge in [-0.1, -0.05) is 36.4 Å². The zero-order valence-electron chi connectivity index (χ0n) is 15.9. The van der Waals surface area contributed by atoms with Crippen LogP contribution in [-0.4, -0.2) is 20.2 Å². The summed E-state index contributed by atoms with van der Waals surface area (Å²) in [6, 6.07) is 19.3. The lowest BCUT2D eigenvalue weighted by Crippen LogP contribution is -2.08. The Morgan fingerprint density at radius 2 is 1.79 bits per heavy atom. The van der Waals surface area contributed by atoms with Crippen molar-refractivity contribution in [1.29, 1.82) is 0 Å². The smallest absolute Gasteiger partial charge is 0.145 e. The molecule has 140 valence electrons. The number of fused-ring (bicyclic) bond motifs is 1. The number of phenols is 2. The molecule has 1 atom stereocenters. The van der Waals surface area contributed by atoms with E-state index in [0.717, 1.165) is 33.5 Å². The fourth-order valence-corrected chi connectivity index (χ4v) is 3.60. The molecule has 2 aromatic heterocycles. The van der Waals surface area contributed by atoms with Gasteiger partial charge in [0.15, 0.2) is 0 Å². The molecule has 0 aliphatic carbocycles. The molecule has 0 saturated heterocycles. The van der Waals surface area contributed by atoms with Gasteiger partial charge < -0.3 is 10.2 Å². The highest BCUT2D eigenvalue weighted by atomic mass is 16.3. The summed E-state index contributed by atoms with van der Waals surface area (Å²) in [4.78, 5) is 8.99. The van der Waals surface area contributed by atoms with Crippen LogP contribution in [0.4, 0.5) is 0 Å². The van der Waals surface area contributed by atoms with Crippen molar-refractivity contribution >= 4 is 10.9 Å². The Hall–Kier alpha value is -3.40. The standard InChI is InChI=1S/C24H22N2O2/c1-15-8-9-18(13-22(15)27)21(14-19-7-3-5-16(2)26-19)20-11-10-17-6-4-12-25-23(17)24(20)28/h3-13,21,27-28H,14H2,1-2H3. The van der Waals surface area contributed by atoms with Crippen LogP contribution in [0.2, 0.25) is 0 Å². The molecular weight excluding hydrogens is 348 g/mol. The molecule has 0 aliphatic heterocycles. The molecule has 0 amide bonds. The van der Waals surface area contributed by atoms with Crippen LogP contribution in [-0.2, 0) is 6.42 Å². The highest BCUT2D eigenvalue weighted by Gasteiger charge is 2.22. The van der Waals surface area contributed by atoms with Gasteiger partial charge in [0.25, 0.3) is 0 Å². The highest BCUT2D eigenvalue weighted by molar-refractivity contribution is 5.85. The van der Waals surface area contributed by atoms with E-state index >= 15 is 0 Å². The fourth-order valence-electron chi connectivity index (χ4n) is 3.60. The molecule has 4 heteroatoms. The van der Waals surface area contributed by atoms with E-state index in [0.29, 0.717) is 11.9 Å². The number of rotatable bonds is 4. The molecule has 0 aliphatic rings. The summed E-state index contributed by atoms with van der Waals surface area (Å²) in [5.41, 5.74) is 4.99. The van der Waals surface area contributed by atoms with E-state index in [9.17, 15) is 10.2 Å². The van der Waals surface area contributed by atoms with Gasteiger partial charge in [-0.05, 0) is 49.2 Å². The molecule has 0 saturated carbocycles. The number of hydrogen-bond donors (Lipinski definition) is 2. The van der Waals surface area contributed by atoms with Crippen molar-refractivity contribution in [2.24, 2.45) is 0 Å². The van der Waals surface area contributed by atoms with Crippen molar-refractivity contribution in [1.82, 2.24) is 9.97 Å². The molecule has 0 radical (unpaired) electrons. The number of aromatic nitrogens is 2. The topological polar surface area (TPSA) is 66.2 Å². The van der Waals surface area contributed by atoms with Crippen molar-refractivity contribution < 1.29 is 10.2 Å². The minimum Gasteiger partial charge on any atom is -0.508 e. The van der Waals surface area contributed by atoms with Gasteiger partial charge >= 0.3 is 0 Å². The highest BCUT2D eigenvalue weighted by Crippen LogP contribution is 2.38. The van der Waals surface area contributed by atoms with Crippen molar-refractivity contribution in [3.8, 4) is 11.5 Å². The average molecular weight is 370 g/mol. The number of benzene rings is 2. The molecule has 2 heterocycles. The first-order valence-electron chi connectivity index (χ1n) is 9.31. The Bertz CT molecular complexity index is 1150. The first kappa shape index (κ1) is 18.0. The molecule has 0 fully saturated rings. The second-order valence-corrected chi connectivity index (χ2v) is 7.15. The quantitative estimate of drug-likeness (QED) is 0.529. The van der Waals surface area contributed by atoms with Gasteiger partial charge in [0.1, 0.15) is 17.0 Å². The molecular formula is C24H22N2O2. The summed E-state index contributed by atoms with van der Waals surface area (Å²) in [6.07, 6.45) is 2.29. The van der Waals surface area contributed by atoms with Gasteiger partial charge in [0, 0.05) is 40.9 Å². The third-order valence-electron chi connectivity index (χ3n) is 5.15. The monoisotopic (exact) mass is 370 g/mol. The van der Waals surface area contributed by atoms with Crippen molar-refractivity contribution in [2.75, 3.05) is 0 Å². The molecule has 4 rings (SSSR count). The normalized spacial score (nSPS) is 12.2. The van der Waals surface area contributed by atoms with Crippen LogP contribution in [0.5, 0.6) is 11.5 Å². The van der Waals surface area contributed by atoms with Crippen LogP contribution in [0.25, 0.3) is 10.9 Å². The summed E-state index contributed by atoms with van der Waals surface area (Å²) in [5.74, 6) is 0.265. The summed E-state index contributed by atoms with van der Waals surface area (Å²) in [7, 11) is 0. The number of phenolic OH excluding ortho intramolecular Hbond substituents is 2. The van der Waals surface area contributed by atoms with Crippen molar-refractivity contribution in [2.45, 2.75) is 26.2 Å². The van der Waals surface area contributed by atoms with Crippen LogP contribution < -0.4 is 0 Å². The zero-order chi connectivity index (χ0) is 19.7. The fraction of sp³-hybridized carbons (Fsp3) is 0.167. The maximum atomic E-state index is 11.0. The van der Waals surface area contributed by atoms with Crippen LogP contribution in [0.15, 0.2) is 66.9 Å². The summed E-state index contributed by atoms with van der Waals surface area (Å²) < 4.78 is 0. The predicted octanol–water partition coefficient (Wildman–Crippen LogP) is 5.03. The molecule has 1 unspecified atom stereocenters. The Morgan fingerprint density at radius 1 is 0.929 bits per heavy atom. The summed E-state index contributed by atoms with van der Waals surface area (Å²) in [5, 5.41) is 22.1. The minimum absolute atomic E-state index is 0.160. The third kappa shape index (κ3) is 3.41. The molecule has 0 spiro atoms. The Balaban J connectivity index is 1.87. The minimum atomic E-state index is -0.160. The van der Waals surface area contributed by atoms with E-state index in [4.69, 9.17) is 0 Å². The first-order valence-corrected chi connectivity index (χ1v) is 9.31. The lowest BCUT2D eigenvalue weighted by atomic mass is 9.85. The van der Waals surface area contributed by atoms with Crippen LogP contribution in [0.3, 0.4) is 0 Å². The SMILES string of the molecule is Cc1cccc(CC(c2ccc(C)c(O)c2)c2ccc3cccnc3c2O)n1. The molecule has 2 aromatic carbocycles. The van der Waals surface area contributed by atoms with Crippen LogP contribution in [0.1, 0.15) is 34.0 Å². The number of nitrogens with zero attached hydrogens (tertiary/aromatic N) is 2. The maximum absolute atomic E-state index is 11.0. The molecule has 28 heavy (non-hydrogen) atoms. The molecule has 4 nitrogen and oxygen atoms in total. The van der Waals surface area contributed by atoms with Gasteiger partial charge in [0.2, 0.25) is 0 Å². The summed E-state index contributed by atoms with van der Waals surface area (Å²) in [6.45, 7) is 3.83. The van der Waals surface area contributed by atoms with E-state index in [1.165, 1.54) is 0 Å². The second kappa shape index (κ2) is 7.31. The lowest BCUT2D eigenvalue weighted by Gasteiger charge is -2.20. The lowest BCUT2D eigenvalue weighted by molar-refractivity contribution is 0.465. The molecule has 4 aromatic rings. The van der Waals surface area contributed by atoms with E-state index in [1.54, 1.807) is 12.3 Å². The number of aryl methyl sites for hydroxylation is 2. The van der Waals surface area contributed by atoms with E-state index < -0.39 is 0 Å². The molecule has 2 N–H and O–H groups in total. The van der Waals surface area contributed by atoms with Gasteiger partial charge in [-0.15, -0.1) is 0 Å². The average Bonchev–Trinajstić information content (AvgIpc) is 2.69. The van der Waals surface area contributed by atoms with Crippen molar-refractivity contribution in [3.05, 3.63) is 94.9 Å². The summed E-state index contributed by atoms with van der Waals surface area (Å²) >= 11 is 0. The van der Waals surface area contributed by atoms with E-state index in [1.807, 2.05) is 68.4 Å². The maximum Gasteiger partial charge on any atom is 0.145 e. The van der Waals surface area contributed by atoms with Crippen LogP contribution >= 0.6 is 0 Å². The largest absolute Gasteiger partial charge is 0.508 e. The number of aromatic hydroxyl groups is 2. The van der Waals surface area contributed by atoms with E-state index in [-0.39, 0.29) is 17.4 Å². The number of pyridine rings is 2. The van der Waals surface area contributed by atoms with E-state index in [2.05, 4.69) is 9.97 Å². The predicted molar refractivity (Wildman–Crippen MR) is 111 cm³/mol. The van der Waals surface area contributed by atoms with Crippen molar-refractivity contribution in [3.63, 3.8) is 0 Å². The second-order valence-electron chi connectivity index (χ2n) is 7.15. The molecule has 0 bridgehead atoms. The Morgan fingerprint density at radius 3 is 2.57 bits per heavy atom. The zero-order valence-corrected chi connectivity index (χ0v) is 15.9. The Labute approximate surface area is 164 Å². The first-order chi connectivity index (χ1) is 13.5.